The Balaban J connectivity index is 6.95. The molecule has 14 heteroatoms. The summed E-state index contributed by atoms with van der Waals surface area (Å²) >= 11 is 0. The van der Waals surface area contributed by atoms with Crippen LogP contribution in [0.4, 0.5) is 4.79 Å². The van der Waals surface area contributed by atoms with E-state index in [0.717, 1.165) is 6.42 Å². The summed E-state index contributed by atoms with van der Waals surface area (Å²) in [4.78, 5) is 44.8. The number of nitrogens with zero attached hydrogens (tertiary/aromatic N) is 1. The maximum Gasteiger partial charge on any atom is 0.404 e. The van der Waals surface area contributed by atoms with E-state index in [0.29, 0.717) is 0 Å². The third-order valence-corrected chi connectivity index (χ3v) is 28.8. The molecule has 0 aromatic carbocycles. The van der Waals surface area contributed by atoms with Crippen LogP contribution in [-0.4, -0.2) is 97.6 Å². The molecule has 0 aromatic heterocycles. The second-order valence-corrected chi connectivity index (χ2v) is 38.7. The quantitative estimate of drug-likeness (QED) is 0.0355. The van der Waals surface area contributed by atoms with Crippen molar-refractivity contribution >= 4 is 42.7 Å². The smallest absolute Gasteiger partial charge is 0.404 e. The highest BCUT2D eigenvalue weighted by Crippen LogP contribution is 2.43. The van der Waals surface area contributed by atoms with Gasteiger partial charge >= 0.3 is 6.09 Å². The number of rotatable bonds is 27. The Morgan fingerprint density at radius 3 is 1.51 bits per heavy atom. The van der Waals surface area contributed by atoms with Crippen molar-refractivity contribution in [2.75, 3.05) is 14.2 Å². The van der Waals surface area contributed by atoms with Crippen LogP contribution in [0.2, 0.25) is 54.4 Å². The molecule has 3 N–H and O–H groups in total. The van der Waals surface area contributed by atoms with Crippen LogP contribution in [0.5, 0.6) is 0 Å². The van der Waals surface area contributed by atoms with Gasteiger partial charge in [0.05, 0.1) is 37.4 Å². The largest absolute Gasteiger partial charge is 0.445 e. The lowest BCUT2D eigenvalue weighted by Crippen LogP contribution is -2.51. The predicted molar refractivity (Wildman–Crippen MR) is 287 cm³/mol. The topological polar surface area (TPSA) is 147 Å². The molecule has 0 saturated carbocycles. The number of amides is 2. The van der Waals surface area contributed by atoms with Gasteiger partial charge in [0.25, 0.3) is 5.91 Å². The number of allylic oxidation sites excluding steroid dienone is 3. The molecule has 0 saturated heterocycles. The minimum Gasteiger partial charge on any atom is -0.445 e. The number of aliphatic hydroxyl groups excluding tert-OH is 1. The molecule has 12 atom stereocenters. The summed E-state index contributed by atoms with van der Waals surface area (Å²) in [6, 6.07) is 0. The van der Waals surface area contributed by atoms with Crippen LogP contribution < -0.4 is 5.73 Å². The molecule has 11 nitrogen and oxygen atoms in total. The summed E-state index contributed by atoms with van der Waals surface area (Å²) < 4.78 is 27.1. The Bertz CT molecular complexity index is 1670. The zero-order valence-electron chi connectivity index (χ0n) is 47.3. The van der Waals surface area contributed by atoms with Crippen molar-refractivity contribution in [2.45, 2.75) is 215 Å². The molecule has 0 heterocycles. The van der Waals surface area contributed by atoms with Gasteiger partial charge in [-0.05, 0) is 85.5 Å². The Labute approximate surface area is 413 Å². The molecule has 0 aromatic rings. The Morgan fingerprint density at radius 2 is 1.09 bits per heavy atom. The molecular formula is C53H102N2O9Si3. The zero-order valence-corrected chi connectivity index (χ0v) is 50.3. The minimum atomic E-state index is -2.41. The lowest BCUT2D eigenvalue weighted by atomic mass is 9.81. The fourth-order valence-corrected chi connectivity index (χ4v) is 12.2. The molecule has 0 rings (SSSR count). The predicted octanol–water partition coefficient (Wildman–Crippen LogP) is 13.0. The fraction of sp³-hybridized carbons (Fsp3) is 0.792. The van der Waals surface area contributed by atoms with E-state index in [1.807, 2.05) is 25.2 Å². The first-order valence-corrected chi connectivity index (χ1v) is 33.5. The van der Waals surface area contributed by atoms with Gasteiger partial charge < -0.3 is 28.9 Å². The number of nitrogens with two attached hydrogens (primary N) is 1. The molecular weight excluding hydrogens is 893 g/mol. The fourth-order valence-electron chi connectivity index (χ4n) is 7.81. The molecule has 0 unspecified atom stereocenters. The van der Waals surface area contributed by atoms with E-state index in [1.54, 1.807) is 33.0 Å². The highest BCUT2D eigenvalue weighted by molar-refractivity contribution is 6.75. The number of hydrogen-bond donors (Lipinski definition) is 2. The van der Waals surface area contributed by atoms with E-state index in [9.17, 15) is 19.5 Å². The zero-order chi connectivity index (χ0) is 53.0. The van der Waals surface area contributed by atoms with Crippen molar-refractivity contribution in [3.05, 3.63) is 48.6 Å². The second kappa shape index (κ2) is 26.3. The Morgan fingerprint density at radius 1 is 0.657 bits per heavy atom. The van der Waals surface area contributed by atoms with E-state index >= 15 is 0 Å². The summed E-state index contributed by atoms with van der Waals surface area (Å²) in [5.41, 5.74) is 6.86. The highest BCUT2D eigenvalue weighted by atomic mass is 28.4. The van der Waals surface area contributed by atoms with Crippen LogP contribution in [0.15, 0.2) is 48.6 Å². The number of carbonyl (C=O) groups is 3. The van der Waals surface area contributed by atoms with E-state index in [2.05, 4.69) is 149 Å². The SMILES string of the molecule is C=CC=C[C@H](C)[C@H](OC(N)=O)[C@@H](C)[C@H](O[Si](C)(C)C(C)(C)C)[C@@H](C)CC(C)=C[C@H](C)[C@@H](O[Si](C)(C)C(C)(C)C)[C@@H](C)C=C[C@H](O)CC(=O)[C@H](C)[C@H](O[Si](C)(C)C(C)(C)C)[C@@H](C)C(=O)N(C)OC. The molecule has 0 aliphatic rings. The van der Waals surface area contributed by atoms with Crippen LogP contribution in [0, 0.1) is 41.4 Å². The first kappa shape index (κ1) is 64.8. The number of hydroxylamine groups is 2. The van der Waals surface area contributed by atoms with Crippen LogP contribution in [0.3, 0.4) is 0 Å². The third-order valence-electron chi connectivity index (χ3n) is 15.4. The average Bonchev–Trinajstić information content (AvgIpc) is 3.18. The summed E-state index contributed by atoms with van der Waals surface area (Å²) in [6.07, 6.45) is 8.71. The average molecular weight is 996 g/mol. The van der Waals surface area contributed by atoms with Gasteiger partial charge in [-0.2, -0.15) is 0 Å². The molecule has 0 fully saturated rings. The van der Waals surface area contributed by atoms with Crippen LogP contribution in [0.1, 0.15) is 131 Å². The maximum atomic E-state index is 14.0. The first-order valence-electron chi connectivity index (χ1n) is 24.8. The first-order chi connectivity index (χ1) is 30.1. The number of ketones is 1. The summed E-state index contributed by atoms with van der Waals surface area (Å²) in [5.74, 6) is -2.13. The van der Waals surface area contributed by atoms with Gasteiger partial charge in [0.15, 0.2) is 25.0 Å². The minimum absolute atomic E-state index is 0.00976. The molecule has 0 radical (unpaired) electrons. The monoisotopic (exact) mass is 995 g/mol. The number of ether oxygens (including phenoxy) is 1. The van der Waals surface area contributed by atoms with Crippen molar-refractivity contribution in [1.82, 2.24) is 5.06 Å². The van der Waals surface area contributed by atoms with Gasteiger partial charge in [0, 0.05) is 31.2 Å². The highest BCUT2D eigenvalue weighted by Gasteiger charge is 2.46. The van der Waals surface area contributed by atoms with Gasteiger partial charge in [-0.15, -0.1) is 0 Å². The molecule has 390 valence electrons. The van der Waals surface area contributed by atoms with Crippen LogP contribution in [0.25, 0.3) is 0 Å². The van der Waals surface area contributed by atoms with E-state index in [4.69, 9.17) is 28.6 Å². The van der Waals surface area contributed by atoms with E-state index < -0.39 is 61.2 Å². The normalized spacial score (nSPS) is 19.4. The number of aliphatic hydroxyl groups is 1. The number of carbonyl (C=O) groups excluding carboxylic acids is 3. The number of Topliss-reactive ketones (excluding diaryl/α,β-unsaturated/α-hetero) is 1. The molecule has 67 heavy (non-hydrogen) atoms. The van der Waals surface area contributed by atoms with Crippen LogP contribution >= 0.6 is 0 Å². The van der Waals surface area contributed by atoms with Gasteiger partial charge in [0.2, 0.25) is 0 Å². The third kappa shape index (κ3) is 19.9. The summed E-state index contributed by atoms with van der Waals surface area (Å²) in [7, 11) is -3.99. The maximum absolute atomic E-state index is 14.0. The molecule has 0 bridgehead atoms. The lowest BCUT2D eigenvalue weighted by Gasteiger charge is -2.45. The Kier molecular flexibility index (Phi) is 25.5. The molecule has 0 aliphatic heterocycles. The standard InChI is InChI=1S/C53H102N2O9Si3/c1-27-28-29-36(3)46(61-50(54)59)41(8)47(63-66(23,24)52(13,14)15)39(6)33-35(2)32-38(5)45(62-65(21,22)51(10,11)12)37(4)30-31-43(56)34-44(57)40(7)48(42(9)49(58)55(19)60-20)64-67(25,26)53(16,17)18/h27-32,36-43,45-48,56H,1,33-34H2,2-26H3,(H2,54,59)/t36-,37-,38-,39-,40-,41+,42+,43-,45-,46-,47+,48-/m0/s1. The summed E-state index contributed by atoms with van der Waals surface area (Å²) in [5, 5.41) is 12.4. The van der Waals surface area contributed by atoms with E-state index in [-0.39, 0.29) is 75.0 Å². The lowest BCUT2D eigenvalue weighted by molar-refractivity contribution is -0.177. The van der Waals surface area contributed by atoms with Gasteiger partial charge in [-0.1, -0.05) is 159 Å². The van der Waals surface area contributed by atoms with Crippen LogP contribution in [-0.2, 0) is 32.4 Å². The van der Waals surface area contributed by atoms with Crippen molar-refractivity contribution in [2.24, 2.45) is 47.2 Å². The van der Waals surface area contributed by atoms with Gasteiger partial charge in [0.1, 0.15) is 11.9 Å². The van der Waals surface area contributed by atoms with Gasteiger partial charge in [-0.25, -0.2) is 9.86 Å². The molecule has 2 amide bonds. The van der Waals surface area contributed by atoms with Crippen molar-refractivity contribution in [1.29, 1.82) is 0 Å². The van der Waals surface area contributed by atoms with E-state index in [1.165, 1.54) is 17.7 Å². The van der Waals surface area contributed by atoms with Gasteiger partial charge in [-0.3, -0.25) is 14.4 Å². The van der Waals surface area contributed by atoms with Crippen molar-refractivity contribution < 1.29 is 42.3 Å². The van der Waals surface area contributed by atoms with Crippen molar-refractivity contribution in [3.8, 4) is 0 Å². The second-order valence-electron chi connectivity index (χ2n) is 24.4. The Hall–Kier alpha value is -2.18. The van der Waals surface area contributed by atoms with Crippen molar-refractivity contribution in [3.63, 3.8) is 0 Å². The summed E-state index contributed by atoms with van der Waals surface area (Å²) in [6.45, 7) is 53.3. The number of primary amides is 1. The number of hydrogen-bond acceptors (Lipinski definition) is 9. The molecule has 0 spiro atoms. The molecule has 0 aliphatic carbocycles.